The SMILES string of the molecule is CCOC1OC(=O)CC1N1CCCC1C(=O)O. The number of rotatable bonds is 4. The van der Waals surface area contributed by atoms with Gasteiger partial charge in [-0.1, -0.05) is 0 Å². The summed E-state index contributed by atoms with van der Waals surface area (Å²) in [5.41, 5.74) is 0. The van der Waals surface area contributed by atoms with Crippen LogP contribution in [0, 0.1) is 0 Å². The van der Waals surface area contributed by atoms with Gasteiger partial charge in [0, 0.05) is 6.61 Å². The van der Waals surface area contributed by atoms with Gasteiger partial charge in [0.05, 0.1) is 12.5 Å². The first kappa shape index (κ1) is 12.3. The van der Waals surface area contributed by atoms with E-state index in [-0.39, 0.29) is 18.4 Å². The first-order valence-corrected chi connectivity index (χ1v) is 5.93. The van der Waals surface area contributed by atoms with Crippen molar-refractivity contribution in [3.05, 3.63) is 0 Å². The van der Waals surface area contributed by atoms with Gasteiger partial charge in [0.2, 0.25) is 6.29 Å². The molecule has 2 fully saturated rings. The van der Waals surface area contributed by atoms with E-state index in [0.717, 1.165) is 6.42 Å². The number of aliphatic carboxylic acids is 1. The fourth-order valence-corrected chi connectivity index (χ4v) is 2.56. The highest BCUT2D eigenvalue weighted by Crippen LogP contribution is 2.29. The molecular weight excluding hydrogens is 226 g/mol. The number of carbonyl (C=O) groups excluding carboxylic acids is 1. The standard InChI is InChI=1S/C11H17NO5/c1-2-16-11-8(6-9(13)17-11)12-5-3-4-7(12)10(14)15/h7-8,11H,2-6H2,1H3,(H,14,15). The number of ether oxygens (including phenoxy) is 2. The van der Waals surface area contributed by atoms with Gasteiger partial charge in [0.15, 0.2) is 0 Å². The summed E-state index contributed by atoms with van der Waals surface area (Å²) in [7, 11) is 0. The monoisotopic (exact) mass is 243 g/mol. The van der Waals surface area contributed by atoms with E-state index in [1.165, 1.54) is 0 Å². The van der Waals surface area contributed by atoms with Crippen LogP contribution in [0.15, 0.2) is 0 Å². The molecule has 0 amide bonds. The molecule has 96 valence electrons. The quantitative estimate of drug-likeness (QED) is 0.711. The zero-order valence-corrected chi connectivity index (χ0v) is 9.80. The second-order valence-corrected chi connectivity index (χ2v) is 4.32. The lowest BCUT2D eigenvalue weighted by Crippen LogP contribution is -2.47. The van der Waals surface area contributed by atoms with Crippen LogP contribution in [-0.4, -0.2) is 53.5 Å². The zero-order valence-electron chi connectivity index (χ0n) is 9.80. The maximum Gasteiger partial charge on any atom is 0.320 e. The molecule has 0 aromatic rings. The van der Waals surface area contributed by atoms with Gasteiger partial charge < -0.3 is 14.6 Å². The van der Waals surface area contributed by atoms with Gasteiger partial charge in [-0.05, 0) is 26.3 Å². The first-order chi connectivity index (χ1) is 8.13. The molecule has 2 heterocycles. The highest BCUT2D eigenvalue weighted by Gasteiger charge is 2.45. The van der Waals surface area contributed by atoms with Gasteiger partial charge in [-0.2, -0.15) is 0 Å². The van der Waals surface area contributed by atoms with Crippen LogP contribution in [-0.2, 0) is 19.1 Å². The molecule has 2 aliphatic heterocycles. The Hall–Kier alpha value is -1.14. The van der Waals surface area contributed by atoms with Crippen molar-refractivity contribution in [2.24, 2.45) is 0 Å². The van der Waals surface area contributed by atoms with Crippen molar-refractivity contribution in [3.8, 4) is 0 Å². The molecule has 0 aliphatic carbocycles. The number of hydrogen-bond acceptors (Lipinski definition) is 5. The molecule has 0 radical (unpaired) electrons. The van der Waals surface area contributed by atoms with E-state index in [9.17, 15) is 9.59 Å². The predicted octanol–water partition coefficient (Wildman–Crippen LogP) is 0.213. The Bertz CT molecular complexity index is 319. The van der Waals surface area contributed by atoms with Gasteiger partial charge in [-0.15, -0.1) is 0 Å². The van der Waals surface area contributed by atoms with Crippen molar-refractivity contribution < 1.29 is 24.2 Å². The van der Waals surface area contributed by atoms with Crippen LogP contribution in [0.4, 0.5) is 0 Å². The van der Waals surface area contributed by atoms with Crippen LogP contribution in [0.3, 0.4) is 0 Å². The third kappa shape index (κ3) is 2.42. The third-order valence-electron chi connectivity index (χ3n) is 3.27. The van der Waals surface area contributed by atoms with E-state index in [4.69, 9.17) is 14.6 Å². The van der Waals surface area contributed by atoms with E-state index in [0.29, 0.717) is 19.6 Å². The molecule has 6 heteroatoms. The van der Waals surface area contributed by atoms with Crippen molar-refractivity contribution in [1.82, 2.24) is 4.90 Å². The van der Waals surface area contributed by atoms with E-state index < -0.39 is 18.3 Å². The van der Waals surface area contributed by atoms with E-state index >= 15 is 0 Å². The van der Waals surface area contributed by atoms with Crippen LogP contribution in [0.1, 0.15) is 26.2 Å². The summed E-state index contributed by atoms with van der Waals surface area (Å²) < 4.78 is 10.4. The highest BCUT2D eigenvalue weighted by molar-refractivity contribution is 5.75. The molecular formula is C11H17NO5. The number of cyclic esters (lactones) is 1. The molecule has 1 N–H and O–H groups in total. The lowest BCUT2D eigenvalue weighted by molar-refractivity contribution is -0.169. The second kappa shape index (κ2) is 5.01. The third-order valence-corrected chi connectivity index (χ3v) is 3.27. The Morgan fingerprint density at radius 2 is 2.41 bits per heavy atom. The topological polar surface area (TPSA) is 76.1 Å². The number of carbonyl (C=O) groups is 2. The Morgan fingerprint density at radius 1 is 1.65 bits per heavy atom. The minimum absolute atomic E-state index is 0.217. The van der Waals surface area contributed by atoms with Gasteiger partial charge >= 0.3 is 11.9 Å². The molecule has 3 atom stereocenters. The molecule has 0 aromatic heterocycles. The number of likely N-dealkylation sites (tertiary alicyclic amines) is 1. The molecule has 0 aromatic carbocycles. The van der Waals surface area contributed by atoms with Crippen molar-refractivity contribution in [2.75, 3.05) is 13.2 Å². The number of nitrogens with zero attached hydrogens (tertiary/aromatic N) is 1. The Balaban J connectivity index is 2.09. The van der Waals surface area contributed by atoms with Crippen LogP contribution < -0.4 is 0 Å². The average molecular weight is 243 g/mol. The van der Waals surface area contributed by atoms with Crippen molar-refractivity contribution >= 4 is 11.9 Å². The Kier molecular flexibility index (Phi) is 3.63. The molecule has 6 nitrogen and oxygen atoms in total. The van der Waals surface area contributed by atoms with Crippen molar-refractivity contribution in [2.45, 2.75) is 44.6 Å². The summed E-state index contributed by atoms with van der Waals surface area (Å²) in [5, 5.41) is 9.12. The normalized spacial score (nSPS) is 33.9. The largest absolute Gasteiger partial charge is 0.480 e. The van der Waals surface area contributed by atoms with E-state index in [1.807, 2.05) is 11.8 Å². The minimum Gasteiger partial charge on any atom is -0.480 e. The predicted molar refractivity (Wildman–Crippen MR) is 57.3 cm³/mol. The fourth-order valence-electron chi connectivity index (χ4n) is 2.56. The lowest BCUT2D eigenvalue weighted by Gasteiger charge is -2.29. The molecule has 0 saturated carbocycles. The van der Waals surface area contributed by atoms with Gasteiger partial charge in [0.25, 0.3) is 0 Å². The van der Waals surface area contributed by atoms with Crippen LogP contribution >= 0.6 is 0 Å². The van der Waals surface area contributed by atoms with Gasteiger partial charge in [0.1, 0.15) is 6.04 Å². The summed E-state index contributed by atoms with van der Waals surface area (Å²) in [4.78, 5) is 24.2. The Labute approximate surface area is 99.5 Å². The maximum absolute atomic E-state index is 11.3. The Morgan fingerprint density at radius 3 is 3.06 bits per heavy atom. The summed E-state index contributed by atoms with van der Waals surface area (Å²) >= 11 is 0. The fraction of sp³-hybridized carbons (Fsp3) is 0.818. The van der Waals surface area contributed by atoms with Crippen molar-refractivity contribution in [1.29, 1.82) is 0 Å². The molecule has 17 heavy (non-hydrogen) atoms. The highest BCUT2D eigenvalue weighted by atomic mass is 16.7. The number of carboxylic acids is 1. The van der Waals surface area contributed by atoms with Crippen LogP contribution in [0.5, 0.6) is 0 Å². The average Bonchev–Trinajstić information content (AvgIpc) is 2.84. The van der Waals surface area contributed by atoms with Crippen LogP contribution in [0.2, 0.25) is 0 Å². The van der Waals surface area contributed by atoms with Gasteiger partial charge in [-0.3, -0.25) is 14.5 Å². The molecule has 2 aliphatic rings. The molecule has 3 unspecified atom stereocenters. The second-order valence-electron chi connectivity index (χ2n) is 4.32. The van der Waals surface area contributed by atoms with Crippen molar-refractivity contribution in [3.63, 3.8) is 0 Å². The first-order valence-electron chi connectivity index (χ1n) is 5.93. The number of esters is 1. The summed E-state index contributed by atoms with van der Waals surface area (Å²) in [6, 6.07) is -0.775. The molecule has 2 saturated heterocycles. The summed E-state index contributed by atoms with van der Waals surface area (Å²) in [6.45, 7) is 2.95. The minimum atomic E-state index is -0.836. The van der Waals surface area contributed by atoms with Gasteiger partial charge in [-0.25, -0.2) is 0 Å². The number of hydrogen-bond donors (Lipinski definition) is 1. The lowest BCUT2D eigenvalue weighted by atomic mass is 10.1. The molecule has 0 bridgehead atoms. The van der Waals surface area contributed by atoms with E-state index in [1.54, 1.807) is 0 Å². The van der Waals surface area contributed by atoms with Crippen LogP contribution in [0.25, 0.3) is 0 Å². The maximum atomic E-state index is 11.3. The smallest absolute Gasteiger partial charge is 0.320 e. The number of carboxylic acid groups (broad SMARTS) is 1. The molecule has 0 spiro atoms. The summed E-state index contributed by atoms with van der Waals surface area (Å²) in [5.74, 6) is -1.15. The zero-order chi connectivity index (χ0) is 12.4. The van der Waals surface area contributed by atoms with E-state index in [2.05, 4.69) is 0 Å². The molecule has 2 rings (SSSR count). The summed E-state index contributed by atoms with van der Waals surface area (Å²) in [6.07, 6.45) is 1.06.